The molecule has 0 atom stereocenters. The van der Waals surface area contributed by atoms with Crippen molar-refractivity contribution in [1.29, 1.82) is 0 Å². The minimum atomic E-state index is -0.00674. The van der Waals surface area contributed by atoms with E-state index in [4.69, 9.17) is 0 Å². The van der Waals surface area contributed by atoms with E-state index in [0.29, 0.717) is 12.2 Å². The van der Waals surface area contributed by atoms with Crippen molar-refractivity contribution in [3.63, 3.8) is 0 Å². The van der Waals surface area contributed by atoms with Gasteiger partial charge in [-0.2, -0.15) is 0 Å². The Hall–Kier alpha value is -1.29. The second-order valence-electron chi connectivity index (χ2n) is 4.79. The van der Waals surface area contributed by atoms with Gasteiger partial charge in [-0.05, 0) is 42.9 Å². The Bertz CT molecular complexity index is 485. The molecule has 0 unspecified atom stereocenters. The molecule has 1 aliphatic carbocycles. The van der Waals surface area contributed by atoms with Crippen LogP contribution in [0.2, 0.25) is 0 Å². The standard InChI is InChI=1S/C15H19NO2S/c1-11(17)19-10-9-15(18)16-14-8-4-6-12-5-2-3-7-13(12)14/h4,6,8H,2-3,5,7,9-10H2,1H3,(H,16,18). The number of anilines is 1. The fourth-order valence-corrected chi connectivity index (χ4v) is 2.97. The highest BCUT2D eigenvalue weighted by Gasteiger charge is 2.14. The summed E-state index contributed by atoms with van der Waals surface area (Å²) in [5.74, 6) is 0.545. The number of amides is 1. The second kappa shape index (κ2) is 6.75. The molecule has 4 heteroatoms. The van der Waals surface area contributed by atoms with E-state index in [2.05, 4.69) is 11.4 Å². The second-order valence-corrected chi connectivity index (χ2v) is 6.06. The van der Waals surface area contributed by atoms with Gasteiger partial charge in [0.25, 0.3) is 0 Å². The van der Waals surface area contributed by atoms with Gasteiger partial charge in [0.2, 0.25) is 5.91 Å². The van der Waals surface area contributed by atoms with Crippen molar-refractivity contribution in [3.05, 3.63) is 29.3 Å². The predicted octanol–water partition coefficient (Wildman–Crippen LogP) is 3.17. The zero-order chi connectivity index (χ0) is 13.7. The lowest BCUT2D eigenvalue weighted by molar-refractivity contribution is -0.115. The van der Waals surface area contributed by atoms with E-state index >= 15 is 0 Å². The minimum absolute atomic E-state index is 0.00674. The predicted molar refractivity (Wildman–Crippen MR) is 79.5 cm³/mol. The number of nitrogens with one attached hydrogen (secondary N) is 1. The Balaban J connectivity index is 1.95. The van der Waals surface area contributed by atoms with E-state index in [1.165, 1.54) is 42.7 Å². The molecule has 19 heavy (non-hydrogen) atoms. The summed E-state index contributed by atoms with van der Waals surface area (Å²) in [6, 6.07) is 6.13. The first kappa shape index (κ1) is 14.1. The molecular weight excluding hydrogens is 258 g/mol. The summed E-state index contributed by atoms with van der Waals surface area (Å²) in [6.45, 7) is 1.52. The van der Waals surface area contributed by atoms with Crippen LogP contribution in [0.15, 0.2) is 18.2 Å². The first-order valence-corrected chi connectivity index (χ1v) is 7.69. The molecule has 0 heterocycles. The van der Waals surface area contributed by atoms with Crippen molar-refractivity contribution in [2.45, 2.75) is 39.0 Å². The summed E-state index contributed by atoms with van der Waals surface area (Å²) in [4.78, 5) is 22.7. The summed E-state index contributed by atoms with van der Waals surface area (Å²) >= 11 is 1.20. The van der Waals surface area contributed by atoms with Gasteiger partial charge in [-0.15, -0.1) is 0 Å². The number of aryl methyl sites for hydroxylation is 1. The molecule has 3 nitrogen and oxygen atoms in total. The van der Waals surface area contributed by atoms with Gasteiger partial charge in [0, 0.05) is 24.8 Å². The maximum atomic E-state index is 11.8. The SMILES string of the molecule is CC(=O)SCCC(=O)Nc1cccc2c1CCCC2. The van der Waals surface area contributed by atoms with Gasteiger partial charge in [0.1, 0.15) is 0 Å². The van der Waals surface area contributed by atoms with Crippen LogP contribution < -0.4 is 5.32 Å². The Kier molecular flexibility index (Phi) is 5.02. The van der Waals surface area contributed by atoms with Crippen molar-refractivity contribution < 1.29 is 9.59 Å². The summed E-state index contributed by atoms with van der Waals surface area (Å²) in [5, 5.41) is 3.04. The van der Waals surface area contributed by atoms with Crippen LogP contribution in [0.25, 0.3) is 0 Å². The zero-order valence-corrected chi connectivity index (χ0v) is 12.0. The summed E-state index contributed by atoms with van der Waals surface area (Å²) < 4.78 is 0. The lowest BCUT2D eigenvalue weighted by Gasteiger charge is -2.19. The van der Waals surface area contributed by atoms with E-state index in [-0.39, 0.29) is 11.0 Å². The third-order valence-corrected chi connectivity index (χ3v) is 4.12. The monoisotopic (exact) mass is 277 g/mol. The van der Waals surface area contributed by atoms with Crippen molar-refractivity contribution in [3.8, 4) is 0 Å². The summed E-state index contributed by atoms with van der Waals surface area (Å²) in [7, 11) is 0. The highest BCUT2D eigenvalue weighted by molar-refractivity contribution is 8.13. The molecular formula is C15H19NO2S. The molecule has 1 aromatic carbocycles. The fourth-order valence-electron chi connectivity index (χ4n) is 2.40. The topological polar surface area (TPSA) is 46.2 Å². The molecule has 0 radical (unpaired) electrons. The molecule has 0 aliphatic heterocycles. The molecule has 0 bridgehead atoms. The van der Waals surface area contributed by atoms with Gasteiger partial charge in [0.05, 0.1) is 0 Å². The highest BCUT2D eigenvalue weighted by atomic mass is 32.2. The number of benzene rings is 1. The van der Waals surface area contributed by atoms with E-state index in [0.717, 1.165) is 18.5 Å². The van der Waals surface area contributed by atoms with Gasteiger partial charge >= 0.3 is 0 Å². The van der Waals surface area contributed by atoms with E-state index in [1.807, 2.05) is 12.1 Å². The number of hydrogen-bond donors (Lipinski definition) is 1. The maximum absolute atomic E-state index is 11.8. The lowest BCUT2D eigenvalue weighted by atomic mass is 9.90. The average molecular weight is 277 g/mol. The number of rotatable bonds is 4. The molecule has 0 saturated carbocycles. The zero-order valence-electron chi connectivity index (χ0n) is 11.2. The average Bonchev–Trinajstić information content (AvgIpc) is 2.39. The molecule has 1 aromatic rings. The van der Waals surface area contributed by atoms with Gasteiger partial charge in [-0.1, -0.05) is 23.9 Å². The van der Waals surface area contributed by atoms with Crippen molar-refractivity contribution in [1.82, 2.24) is 0 Å². The Morgan fingerprint density at radius 2 is 2.05 bits per heavy atom. The van der Waals surface area contributed by atoms with Crippen LogP contribution >= 0.6 is 11.8 Å². The van der Waals surface area contributed by atoms with Crippen LogP contribution in [-0.4, -0.2) is 16.8 Å². The molecule has 0 aromatic heterocycles. The van der Waals surface area contributed by atoms with Gasteiger partial charge in [-0.25, -0.2) is 0 Å². The molecule has 1 aliphatic rings. The normalized spacial score (nSPS) is 13.7. The Morgan fingerprint density at radius 1 is 1.26 bits per heavy atom. The number of carbonyl (C=O) groups excluding carboxylic acids is 2. The first-order chi connectivity index (χ1) is 9.16. The lowest BCUT2D eigenvalue weighted by Crippen LogP contribution is -2.15. The quantitative estimate of drug-likeness (QED) is 0.919. The molecule has 1 N–H and O–H groups in total. The molecule has 0 saturated heterocycles. The van der Waals surface area contributed by atoms with Crippen LogP contribution in [-0.2, 0) is 22.4 Å². The van der Waals surface area contributed by atoms with E-state index in [1.54, 1.807) is 0 Å². The van der Waals surface area contributed by atoms with E-state index < -0.39 is 0 Å². The van der Waals surface area contributed by atoms with Crippen LogP contribution in [0.1, 0.15) is 37.3 Å². The fraction of sp³-hybridized carbons (Fsp3) is 0.467. The summed E-state index contributed by atoms with van der Waals surface area (Å²) in [6.07, 6.45) is 4.97. The van der Waals surface area contributed by atoms with Crippen molar-refractivity contribution in [2.75, 3.05) is 11.1 Å². The van der Waals surface area contributed by atoms with Gasteiger partial charge in [0.15, 0.2) is 5.12 Å². The number of carbonyl (C=O) groups is 2. The first-order valence-electron chi connectivity index (χ1n) is 6.71. The summed E-state index contributed by atoms with van der Waals surface area (Å²) in [5.41, 5.74) is 3.61. The van der Waals surface area contributed by atoms with Crippen LogP contribution in [0.4, 0.5) is 5.69 Å². The Labute approximate surface area is 118 Å². The van der Waals surface area contributed by atoms with Gasteiger partial charge < -0.3 is 5.32 Å². The smallest absolute Gasteiger partial charge is 0.225 e. The third-order valence-electron chi connectivity index (χ3n) is 3.30. The number of thioether (sulfide) groups is 1. The largest absolute Gasteiger partial charge is 0.326 e. The van der Waals surface area contributed by atoms with Crippen molar-refractivity contribution >= 4 is 28.5 Å². The van der Waals surface area contributed by atoms with Crippen LogP contribution in [0.3, 0.4) is 0 Å². The molecule has 0 fully saturated rings. The minimum Gasteiger partial charge on any atom is -0.326 e. The van der Waals surface area contributed by atoms with Crippen molar-refractivity contribution in [2.24, 2.45) is 0 Å². The third kappa shape index (κ3) is 4.10. The molecule has 0 spiro atoms. The molecule has 2 rings (SSSR count). The van der Waals surface area contributed by atoms with Crippen LogP contribution in [0, 0.1) is 0 Å². The number of fused-ring (bicyclic) bond motifs is 1. The number of hydrogen-bond acceptors (Lipinski definition) is 3. The van der Waals surface area contributed by atoms with Gasteiger partial charge in [-0.3, -0.25) is 9.59 Å². The Morgan fingerprint density at radius 3 is 2.84 bits per heavy atom. The molecule has 1 amide bonds. The molecule has 102 valence electrons. The maximum Gasteiger partial charge on any atom is 0.225 e. The highest BCUT2D eigenvalue weighted by Crippen LogP contribution is 2.27. The van der Waals surface area contributed by atoms with Crippen LogP contribution in [0.5, 0.6) is 0 Å². The van der Waals surface area contributed by atoms with E-state index in [9.17, 15) is 9.59 Å².